The largest absolute Gasteiger partial charge is 0.497 e. The van der Waals surface area contributed by atoms with E-state index in [0.29, 0.717) is 13.0 Å². The Kier molecular flexibility index (Phi) is 9.59. The number of aryl methyl sites for hydroxylation is 1. The zero-order chi connectivity index (χ0) is 30.7. The maximum Gasteiger partial charge on any atom is 0.192 e. The summed E-state index contributed by atoms with van der Waals surface area (Å²) in [6.07, 6.45) is 0.726. The summed E-state index contributed by atoms with van der Waals surface area (Å²) in [5.74, 6) is 3.06. The van der Waals surface area contributed by atoms with Gasteiger partial charge in [0.1, 0.15) is 29.6 Å². The Morgan fingerprint density at radius 3 is 2.10 bits per heavy atom. The molecule has 0 spiro atoms. The van der Waals surface area contributed by atoms with Crippen molar-refractivity contribution in [2.75, 3.05) is 21.3 Å². The number of benzene rings is 4. The molecule has 0 N–H and O–H groups in total. The predicted molar refractivity (Wildman–Crippen MR) is 176 cm³/mol. The summed E-state index contributed by atoms with van der Waals surface area (Å²) in [6, 6.07) is 22.7. The Balaban J connectivity index is 1.88. The van der Waals surface area contributed by atoms with Gasteiger partial charge in [-0.3, -0.25) is 0 Å². The first-order chi connectivity index (χ1) is 19.9. The molecule has 0 aliphatic carbocycles. The van der Waals surface area contributed by atoms with Gasteiger partial charge < -0.3 is 23.4 Å². The molecule has 0 bridgehead atoms. The monoisotopic (exact) mass is 586 g/mol. The Hall–Kier alpha value is -3.48. The first kappa shape index (κ1) is 31.5. The SMILES string of the molecule is COc1cc(C[C@H](C)O[Si](C)(C)C(C)(C)C)c(-c2ccc(OCc3ccccc3)c3c(OC)cc(C)cc23)c(OC)c1. The normalized spacial score (nSPS) is 12.7. The van der Waals surface area contributed by atoms with Gasteiger partial charge in [-0.15, -0.1) is 0 Å². The zero-order valence-corrected chi connectivity index (χ0v) is 27.9. The molecule has 4 aromatic rings. The summed E-state index contributed by atoms with van der Waals surface area (Å²) in [5.41, 5.74) is 5.39. The third-order valence-corrected chi connectivity index (χ3v) is 12.9. The molecule has 1 atom stereocenters. The fraction of sp³-hybridized carbons (Fsp3) is 0.389. The topological polar surface area (TPSA) is 46.2 Å². The first-order valence-electron chi connectivity index (χ1n) is 14.6. The number of hydrogen-bond acceptors (Lipinski definition) is 5. The summed E-state index contributed by atoms with van der Waals surface area (Å²) in [6.45, 7) is 16.1. The molecule has 0 aromatic heterocycles. The first-order valence-corrected chi connectivity index (χ1v) is 17.5. The highest BCUT2D eigenvalue weighted by Crippen LogP contribution is 2.46. The lowest BCUT2D eigenvalue weighted by molar-refractivity contribution is 0.199. The number of rotatable bonds is 11. The molecule has 0 aliphatic rings. The van der Waals surface area contributed by atoms with Gasteiger partial charge in [0.2, 0.25) is 0 Å². The van der Waals surface area contributed by atoms with E-state index in [-0.39, 0.29) is 11.1 Å². The van der Waals surface area contributed by atoms with Crippen LogP contribution in [0.1, 0.15) is 44.4 Å². The third kappa shape index (κ3) is 6.77. The van der Waals surface area contributed by atoms with E-state index in [1.807, 2.05) is 30.3 Å². The predicted octanol–water partition coefficient (Wildman–Crippen LogP) is 9.37. The van der Waals surface area contributed by atoms with Gasteiger partial charge in [0, 0.05) is 17.7 Å². The average molecular weight is 587 g/mol. The number of hydrogen-bond donors (Lipinski definition) is 0. The lowest BCUT2D eigenvalue weighted by atomic mass is 9.90. The van der Waals surface area contributed by atoms with Crippen molar-refractivity contribution in [1.82, 2.24) is 0 Å². The highest BCUT2D eigenvalue weighted by molar-refractivity contribution is 6.74. The molecular weight excluding hydrogens is 540 g/mol. The van der Waals surface area contributed by atoms with E-state index >= 15 is 0 Å². The molecular formula is C36H46O5Si. The van der Waals surface area contributed by atoms with E-state index in [1.54, 1.807) is 21.3 Å². The summed E-state index contributed by atoms with van der Waals surface area (Å²) >= 11 is 0. The van der Waals surface area contributed by atoms with Crippen LogP contribution in [0, 0.1) is 6.92 Å². The molecule has 4 aromatic carbocycles. The van der Waals surface area contributed by atoms with E-state index in [1.165, 1.54) is 0 Å². The molecule has 4 rings (SSSR count). The van der Waals surface area contributed by atoms with Gasteiger partial charge in [0.25, 0.3) is 0 Å². The molecule has 0 radical (unpaired) electrons. The van der Waals surface area contributed by atoms with Crippen molar-refractivity contribution >= 4 is 19.1 Å². The lowest BCUT2D eigenvalue weighted by Gasteiger charge is -2.38. The van der Waals surface area contributed by atoms with Crippen LogP contribution in [0.3, 0.4) is 0 Å². The standard InChI is InChI=1S/C36H46O5Si/c1-24-18-30-29(16-17-31(35(30)32(19-24)38-7)40-23-26-14-12-11-13-15-26)34-27(21-28(37-6)22-33(34)39-8)20-25(2)41-42(9,10)36(3,4)5/h11-19,21-22,25H,20,23H2,1-10H3/t25-/m0/s1. The fourth-order valence-electron chi connectivity index (χ4n) is 5.21. The van der Waals surface area contributed by atoms with Gasteiger partial charge in [-0.1, -0.05) is 57.2 Å². The van der Waals surface area contributed by atoms with Crippen molar-refractivity contribution in [1.29, 1.82) is 0 Å². The second kappa shape index (κ2) is 12.8. The second-order valence-corrected chi connectivity index (χ2v) is 17.3. The van der Waals surface area contributed by atoms with E-state index in [9.17, 15) is 0 Å². The Morgan fingerprint density at radius 1 is 0.786 bits per heavy atom. The molecule has 0 fully saturated rings. The van der Waals surface area contributed by atoms with Gasteiger partial charge in [-0.25, -0.2) is 0 Å². The van der Waals surface area contributed by atoms with Gasteiger partial charge in [0.05, 0.1) is 26.7 Å². The quantitative estimate of drug-likeness (QED) is 0.164. The molecule has 6 heteroatoms. The summed E-state index contributed by atoms with van der Waals surface area (Å²) in [7, 11) is 3.15. The van der Waals surface area contributed by atoms with Crippen molar-refractivity contribution in [3.8, 4) is 34.1 Å². The molecule has 0 unspecified atom stereocenters. The van der Waals surface area contributed by atoms with Crippen LogP contribution in [-0.2, 0) is 17.5 Å². The van der Waals surface area contributed by atoms with Crippen LogP contribution in [0.2, 0.25) is 18.1 Å². The lowest BCUT2D eigenvalue weighted by Crippen LogP contribution is -2.43. The van der Waals surface area contributed by atoms with Gasteiger partial charge in [0.15, 0.2) is 8.32 Å². The van der Waals surface area contributed by atoms with Gasteiger partial charge >= 0.3 is 0 Å². The van der Waals surface area contributed by atoms with Crippen molar-refractivity contribution in [3.63, 3.8) is 0 Å². The Labute approximate surface area is 252 Å². The van der Waals surface area contributed by atoms with Gasteiger partial charge in [-0.2, -0.15) is 0 Å². The molecule has 0 amide bonds. The summed E-state index contributed by atoms with van der Waals surface area (Å²) in [4.78, 5) is 0. The second-order valence-electron chi connectivity index (χ2n) is 12.5. The Bertz CT molecular complexity index is 1520. The average Bonchev–Trinajstić information content (AvgIpc) is 2.94. The van der Waals surface area contributed by atoms with Crippen LogP contribution in [0.25, 0.3) is 21.9 Å². The molecule has 0 aliphatic heterocycles. The molecule has 0 heterocycles. The maximum absolute atomic E-state index is 6.80. The Morgan fingerprint density at radius 2 is 1.48 bits per heavy atom. The fourth-order valence-corrected chi connectivity index (χ4v) is 6.65. The van der Waals surface area contributed by atoms with Gasteiger partial charge in [-0.05, 0) is 90.3 Å². The van der Waals surface area contributed by atoms with E-state index in [4.69, 9.17) is 23.4 Å². The van der Waals surface area contributed by atoms with E-state index in [0.717, 1.165) is 61.6 Å². The summed E-state index contributed by atoms with van der Waals surface area (Å²) in [5, 5.41) is 2.10. The molecule has 0 saturated heterocycles. The third-order valence-electron chi connectivity index (χ3n) is 8.33. The number of fused-ring (bicyclic) bond motifs is 1. The minimum Gasteiger partial charge on any atom is -0.497 e. The smallest absolute Gasteiger partial charge is 0.192 e. The van der Waals surface area contributed by atoms with Crippen LogP contribution < -0.4 is 18.9 Å². The maximum atomic E-state index is 6.80. The molecule has 224 valence electrons. The highest BCUT2D eigenvalue weighted by atomic mass is 28.4. The van der Waals surface area contributed by atoms with Crippen molar-refractivity contribution in [2.24, 2.45) is 0 Å². The van der Waals surface area contributed by atoms with Crippen LogP contribution >= 0.6 is 0 Å². The van der Waals surface area contributed by atoms with Crippen LogP contribution in [-0.4, -0.2) is 35.8 Å². The number of ether oxygens (including phenoxy) is 4. The molecule has 5 nitrogen and oxygen atoms in total. The minimum atomic E-state index is -1.97. The summed E-state index contributed by atoms with van der Waals surface area (Å²) < 4.78 is 30.8. The van der Waals surface area contributed by atoms with Crippen LogP contribution in [0.5, 0.6) is 23.0 Å². The van der Waals surface area contributed by atoms with Crippen LogP contribution in [0.4, 0.5) is 0 Å². The molecule has 42 heavy (non-hydrogen) atoms. The van der Waals surface area contributed by atoms with Crippen molar-refractivity contribution in [2.45, 2.75) is 71.9 Å². The molecule has 0 saturated carbocycles. The van der Waals surface area contributed by atoms with E-state index < -0.39 is 8.32 Å². The number of methoxy groups -OCH3 is 3. The van der Waals surface area contributed by atoms with Crippen LogP contribution in [0.15, 0.2) is 66.7 Å². The van der Waals surface area contributed by atoms with Crippen molar-refractivity contribution in [3.05, 3.63) is 83.4 Å². The minimum absolute atomic E-state index is 0.0115. The van der Waals surface area contributed by atoms with Crippen molar-refractivity contribution < 1.29 is 23.4 Å². The zero-order valence-electron chi connectivity index (χ0n) is 26.9. The van der Waals surface area contributed by atoms with E-state index in [2.05, 4.69) is 84.1 Å². The highest BCUT2D eigenvalue weighted by Gasteiger charge is 2.38.